The zero-order chi connectivity index (χ0) is 26.2. The minimum absolute atomic E-state index is 0.0469. The molecule has 7 heteroatoms. The van der Waals surface area contributed by atoms with Crippen molar-refractivity contribution in [2.75, 3.05) is 44.2 Å². The van der Waals surface area contributed by atoms with Crippen molar-refractivity contribution in [1.29, 1.82) is 5.26 Å². The van der Waals surface area contributed by atoms with Gasteiger partial charge in [-0.1, -0.05) is 24.3 Å². The van der Waals surface area contributed by atoms with Crippen molar-refractivity contribution in [2.24, 2.45) is 11.8 Å². The van der Waals surface area contributed by atoms with Crippen LogP contribution in [-0.2, 0) is 4.79 Å². The fourth-order valence-electron chi connectivity index (χ4n) is 6.47. The van der Waals surface area contributed by atoms with Crippen LogP contribution in [0.4, 0.5) is 5.69 Å². The molecule has 1 amide bonds. The standard InChI is InChI=1S/C31H38N6O/c1-22(2)36-11-3-4-26(20-36)24-5-7-25(8-6-24)28-18-30-29(9-10-33-37(30)21-28)34-12-14-35(15-13-34)31(38)27-16-23(17-27)19-32/h5-10,18,21-23,26-27H,3-4,11-17,20H2,1-2H3/t23-,26-,27-/m0/s1. The van der Waals surface area contributed by atoms with Gasteiger partial charge in [0, 0.05) is 68.6 Å². The van der Waals surface area contributed by atoms with Gasteiger partial charge >= 0.3 is 0 Å². The largest absolute Gasteiger partial charge is 0.366 e. The molecule has 0 radical (unpaired) electrons. The molecule has 38 heavy (non-hydrogen) atoms. The number of hydrogen-bond donors (Lipinski definition) is 0. The monoisotopic (exact) mass is 510 g/mol. The summed E-state index contributed by atoms with van der Waals surface area (Å²) >= 11 is 0. The highest BCUT2D eigenvalue weighted by molar-refractivity contribution is 5.82. The molecular formula is C31H38N6O. The molecule has 4 heterocycles. The van der Waals surface area contributed by atoms with Gasteiger partial charge in [-0.3, -0.25) is 4.79 Å². The summed E-state index contributed by atoms with van der Waals surface area (Å²) in [6.07, 6.45) is 7.99. The number of benzene rings is 1. The maximum atomic E-state index is 12.8. The zero-order valence-electron chi connectivity index (χ0n) is 22.6. The molecule has 0 spiro atoms. The van der Waals surface area contributed by atoms with Gasteiger partial charge in [-0.15, -0.1) is 0 Å². The van der Waals surface area contributed by atoms with Crippen LogP contribution in [0, 0.1) is 23.2 Å². The van der Waals surface area contributed by atoms with Crippen LogP contribution in [-0.4, -0.2) is 70.6 Å². The van der Waals surface area contributed by atoms with Crippen LogP contribution in [0.25, 0.3) is 16.6 Å². The minimum Gasteiger partial charge on any atom is -0.366 e. The smallest absolute Gasteiger partial charge is 0.225 e. The van der Waals surface area contributed by atoms with Gasteiger partial charge in [0.05, 0.1) is 17.3 Å². The van der Waals surface area contributed by atoms with E-state index in [0.717, 1.165) is 51.1 Å². The topological polar surface area (TPSA) is 67.9 Å². The summed E-state index contributed by atoms with van der Waals surface area (Å²) in [5, 5.41) is 13.6. The van der Waals surface area contributed by atoms with Gasteiger partial charge in [0.1, 0.15) is 0 Å². The summed E-state index contributed by atoms with van der Waals surface area (Å²) in [6.45, 7) is 10.0. The van der Waals surface area contributed by atoms with Crippen LogP contribution in [0.1, 0.15) is 51.0 Å². The van der Waals surface area contributed by atoms with E-state index in [1.54, 1.807) is 0 Å². The van der Waals surface area contributed by atoms with Gasteiger partial charge in [-0.25, -0.2) is 4.52 Å². The Morgan fingerprint density at radius 1 is 1.03 bits per heavy atom. The molecule has 0 unspecified atom stereocenters. The first kappa shape index (κ1) is 24.9. The minimum atomic E-state index is 0.0469. The number of amides is 1. The highest BCUT2D eigenvalue weighted by atomic mass is 16.2. The van der Waals surface area contributed by atoms with Crippen LogP contribution in [0.5, 0.6) is 0 Å². The van der Waals surface area contributed by atoms with E-state index in [0.29, 0.717) is 12.0 Å². The highest BCUT2D eigenvalue weighted by Crippen LogP contribution is 2.35. The van der Waals surface area contributed by atoms with Crippen molar-refractivity contribution in [3.8, 4) is 17.2 Å². The number of hydrogen-bond acceptors (Lipinski definition) is 5. The summed E-state index contributed by atoms with van der Waals surface area (Å²) in [5.41, 5.74) is 6.10. The molecule has 1 atom stereocenters. The molecule has 0 N–H and O–H groups in total. The Hall–Kier alpha value is -3.37. The van der Waals surface area contributed by atoms with E-state index in [2.05, 4.69) is 77.4 Å². The number of likely N-dealkylation sites (tertiary alicyclic amines) is 1. The van der Waals surface area contributed by atoms with Crippen LogP contribution < -0.4 is 4.90 Å². The lowest BCUT2D eigenvalue weighted by atomic mass is 9.75. The molecule has 6 rings (SSSR count). The lowest BCUT2D eigenvalue weighted by Gasteiger charge is -2.40. The Bertz CT molecular complexity index is 1320. The van der Waals surface area contributed by atoms with Crippen molar-refractivity contribution in [3.05, 3.63) is 54.4 Å². The van der Waals surface area contributed by atoms with Crippen molar-refractivity contribution >= 4 is 17.1 Å². The van der Waals surface area contributed by atoms with Gasteiger partial charge in [-0.05, 0) is 75.3 Å². The molecule has 3 aliphatic rings. The van der Waals surface area contributed by atoms with Crippen LogP contribution >= 0.6 is 0 Å². The number of nitrogens with zero attached hydrogens (tertiary/aromatic N) is 6. The van der Waals surface area contributed by atoms with Crippen molar-refractivity contribution in [1.82, 2.24) is 19.4 Å². The second-order valence-corrected chi connectivity index (χ2v) is 11.6. The molecule has 2 aliphatic heterocycles. The summed E-state index contributed by atoms with van der Waals surface area (Å²) < 4.78 is 1.98. The van der Waals surface area contributed by atoms with E-state index in [9.17, 15) is 4.79 Å². The SMILES string of the molecule is CC(C)N1CCC[C@H](c2ccc(-c3cc4c(N5CCN(C(=O)[C@H]6C[C@H](C#N)C6)CC5)ccnn4c3)cc2)C1. The average molecular weight is 511 g/mol. The van der Waals surface area contributed by atoms with E-state index in [-0.39, 0.29) is 17.7 Å². The number of nitriles is 1. The van der Waals surface area contributed by atoms with E-state index in [1.807, 2.05) is 15.6 Å². The van der Waals surface area contributed by atoms with Gasteiger partial charge in [0.25, 0.3) is 0 Å². The molecule has 1 aliphatic carbocycles. The Kier molecular flexibility index (Phi) is 6.84. The molecule has 2 saturated heterocycles. The van der Waals surface area contributed by atoms with E-state index < -0.39 is 0 Å². The Balaban J connectivity index is 1.14. The number of carbonyl (C=O) groups is 1. The number of aromatic nitrogens is 2. The van der Waals surface area contributed by atoms with E-state index >= 15 is 0 Å². The second kappa shape index (κ2) is 10.4. The highest BCUT2D eigenvalue weighted by Gasteiger charge is 2.37. The predicted molar refractivity (Wildman–Crippen MR) is 150 cm³/mol. The molecule has 198 valence electrons. The van der Waals surface area contributed by atoms with Crippen molar-refractivity contribution < 1.29 is 4.79 Å². The van der Waals surface area contributed by atoms with Crippen LogP contribution in [0.2, 0.25) is 0 Å². The van der Waals surface area contributed by atoms with Crippen LogP contribution in [0.3, 0.4) is 0 Å². The Morgan fingerprint density at radius 2 is 1.79 bits per heavy atom. The number of carbonyl (C=O) groups excluding carboxylic acids is 1. The molecule has 1 aromatic carbocycles. The maximum absolute atomic E-state index is 12.8. The van der Waals surface area contributed by atoms with Gasteiger partial charge in [0.2, 0.25) is 5.91 Å². The average Bonchev–Trinajstić information content (AvgIpc) is 3.37. The molecule has 2 aromatic heterocycles. The molecule has 1 saturated carbocycles. The third kappa shape index (κ3) is 4.78. The first-order valence-corrected chi connectivity index (χ1v) is 14.3. The molecule has 0 bridgehead atoms. The zero-order valence-corrected chi connectivity index (χ0v) is 22.6. The lowest BCUT2D eigenvalue weighted by Crippen LogP contribution is -2.52. The molecular weight excluding hydrogens is 472 g/mol. The molecule has 3 aromatic rings. The Morgan fingerprint density at radius 3 is 2.50 bits per heavy atom. The number of rotatable bonds is 5. The van der Waals surface area contributed by atoms with Gasteiger partial charge in [0.15, 0.2) is 0 Å². The predicted octanol–water partition coefficient (Wildman–Crippen LogP) is 4.79. The number of piperazine rings is 1. The number of anilines is 1. The lowest BCUT2D eigenvalue weighted by molar-refractivity contribution is -0.139. The van der Waals surface area contributed by atoms with E-state index in [4.69, 9.17) is 5.26 Å². The first-order chi connectivity index (χ1) is 18.5. The fourth-order valence-corrected chi connectivity index (χ4v) is 6.47. The third-order valence-corrected chi connectivity index (χ3v) is 8.99. The number of piperidine rings is 1. The molecule has 3 fully saturated rings. The van der Waals surface area contributed by atoms with Crippen molar-refractivity contribution in [3.63, 3.8) is 0 Å². The van der Waals surface area contributed by atoms with E-state index in [1.165, 1.54) is 41.8 Å². The summed E-state index contributed by atoms with van der Waals surface area (Å²) in [6, 6.07) is 16.4. The first-order valence-electron chi connectivity index (χ1n) is 14.3. The van der Waals surface area contributed by atoms with Gasteiger partial charge in [-0.2, -0.15) is 10.4 Å². The summed E-state index contributed by atoms with van der Waals surface area (Å²) in [7, 11) is 0. The maximum Gasteiger partial charge on any atom is 0.225 e. The number of fused-ring (bicyclic) bond motifs is 1. The molecule has 7 nitrogen and oxygen atoms in total. The fraction of sp³-hybridized carbons (Fsp3) is 0.516. The second-order valence-electron chi connectivity index (χ2n) is 11.6. The summed E-state index contributed by atoms with van der Waals surface area (Å²) in [5.74, 6) is 0.960. The van der Waals surface area contributed by atoms with Crippen LogP contribution in [0.15, 0.2) is 48.8 Å². The Labute approximate surface area is 225 Å². The summed E-state index contributed by atoms with van der Waals surface area (Å²) in [4.78, 5) is 19.8. The normalized spacial score (nSPS) is 24.4. The third-order valence-electron chi connectivity index (χ3n) is 8.99. The van der Waals surface area contributed by atoms with Crippen molar-refractivity contribution in [2.45, 2.75) is 51.5 Å². The van der Waals surface area contributed by atoms with Gasteiger partial charge < -0.3 is 14.7 Å². The quantitative estimate of drug-likeness (QED) is 0.494.